The lowest BCUT2D eigenvalue weighted by atomic mass is 9.83. The molecule has 1 atom stereocenters. The zero-order chi connectivity index (χ0) is 23.5. The fraction of sp³-hybridized carbons (Fsp3) is 0.464. The van der Waals surface area contributed by atoms with E-state index in [0.29, 0.717) is 35.6 Å². The molecule has 5 nitrogen and oxygen atoms in total. The monoisotopic (exact) mass is 445 g/mol. The van der Waals surface area contributed by atoms with E-state index in [1.807, 2.05) is 41.3 Å². The fourth-order valence-electron chi connectivity index (χ4n) is 4.70. The van der Waals surface area contributed by atoms with Crippen LogP contribution in [0.25, 0.3) is 16.6 Å². The number of amides is 1. The van der Waals surface area contributed by atoms with E-state index in [9.17, 15) is 9.59 Å². The summed E-state index contributed by atoms with van der Waals surface area (Å²) in [4.78, 5) is 34.3. The first-order valence-corrected chi connectivity index (χ1v) is 12.4. The summed E-state index contributed by atoms with van der Waals surface area (Å²) in [6.07, 6.45) is 4.67. The minimum atomic E-state index is -0.261. The summed E-state index contributed by atoms with van der Waals surface area (Å²) >= 11 is 0. The van der Waals surface area contributed by atoms with Gasteiger partial charge in [-0.3, -0.25) is 14.2 Å². The number of carbonyl (C=O) groups excluding carboxylic acids is 1. The lowest BCUT2D eigenvalue weighted by Gasteiger charge is -2.38. The molecule has 0 spiro atoms. The van der Waals surface area contributed by atoms with Crippen LogP contribution in [-0.2, 0) is 11.2 Å². The highest BCUT2D eigenvalue weighted by atomic mass is 16.2. The zero-order valence-corrected chi connectivity index (χ0v) is 20.3. The van der Waals surface area contributed by atoms with Crippen molar-refractivity contribution in [2.75, 3.05) is 6.54 Å². The van der Waals surface area contributed by atoms with Gasteiger partial charge < -0.3 is 4.90 Å². The molecule has 0 saturated heterocycles. The van der Waals surface area contributed by atoms with Crippen molar-refractivity contribution in [3.63, 3.8) is 0 Å². The number of aromatic nitrogens is 2. The number of carbonyl (C=O) groups is 1. The largest absolute Gasteiger partial charge is 0.332 e. The van der Waals surface area contributed by atoms with E-state index in [4.69, 9.17) is 4.98 Å². The average Bonchev–Trinajstić information content (AvgIpc) is 2.78. The zero-order valence-electron chi connectivity index (χ0n) is 20.3. The predicted molar refractivity (Wildman–Crippen MR) is 134 cm³/mol. The van der Waals surface area contributed by atoms with Gasteiger partial charge in [0.05, 0.1) is 22.6 Å². The Morgan fingerprint density at radius 3 is 2.36 bits per heavy atom. The van der Waals surface area contributed by atoms with Crippen LogP contribution in [0, 0.1) is 11.8 Å². The van der Waals surface area contributed by atoms with Crippen molar-refractivity contribution in [3.05, 3.63) is 70.3 Å². The minimum Gasteiger partial charge on any atom is -0.332 e. The van der Waals surface area contributed by atoms with Gasteiger partial charge in [-0.15, -0.1) is 0 Å². The Morgan fingerprint density at radius 1 is 1.09 bits per heavy atom. The molecule has 0 N–H and O–H groups in total. The molecule has 33 heavy (non-hydrogen) atoms. The molecule has 174 valence electrons. The second kappa shape index (κ2) is 9.90. The second-order valence-electron chi connectivity index (χ2n) is 9.58. The maximum absolute atomic E-state index is 13.8. The Bertz CT molecular complexity index is 1180. The van der Waals surface area contributed by atoms with Crippen molar-refractivity contribution in [2.45, 2.75) is 65.8 Å². The van der Waals surface area contributed by atoms with Crippen LogP contribution in [0.5, 0.6) is 0 Å². The van der Waals surface area contributed by atoms with Crippen LogP contribution in [0.3, 0.4) is 0 Å². The van der Waals surface area contributed by atoms with Crippen LogP contribution >= 0.6 is 0 Å². The standard InChI is InChI=1S/C28H35N3O2/c1-5-20-14-16-22(17-15-20)31-26(29-24-13-8-7-12-23(24)28(31)33)25(6-2)30(18-19(3)4)27(32)21-10-9-11-21/h7-8,12-17,19,21,25H,5-6,9-11,18H2,1-4H3. The number of hydrogen-bond acceptors (Lipinski definition) is 3. The Labute approximate surface area is 196 Å². The smallest absolute Gasteiger partial charge is 0.266 e. The molecule has 1 aliphatic carbocycles. The number of benzene rings is 2. The van der Waals surface area contributed by atoms with Gasteiger partial charge in [0.1, 0.15) is 5.82 Å². The maximum atomic E-state index is 13.8. The lowest BCUT2D eigenvalue weighted by molar-refractivity contribution is -0.141. The number of aryl methyl sites for hydroxylation is 1. The van der Waals surface area contributed by atoms with Gasteiger partial charge in [-0.05, 0) is 61.4 Å². The summed E-state index contributed by atoms with van der Waals surface area (Å²) in [6, 6.07) is 15.4. The molecule has 1 heterocycles. The Hall–Kier alpha value is -2.95. The van der Waals surface area contributed by atoms with Crippen LogP contribution in [-0.4, -0.2) is 26.9 Å². The molecular formula is C28H35N3O2. The number of nitrogens with zero attached hydrogens (tertiary/aromatic N) is 3. The molecule has 4 rings (SSSR count). The normalized spacial score (nSPS) is 14.9. The van der Waals surface area contributed by atoms with E-state index >= 15 is 0 Å². The van der Waals surface area contributed by atoms with Gasteiger partial charge in [-0.25, -0.2) is 4.98 Å². The van der Waals surface area contributed by atoms with Gasteiger partial charge in [-0.1, -0.05) is 58.4 Å². The molecular weight excluding hydrogens is 410 g/mol. The molecule has 1 aromatic heterocycles. The summed E-state index contributed by atoms with van der Waals surface area (Å²) in [5.41, 5.74) is 2.61. The first-order valence-electron chi connectivity index (χ1n) is 12.4. The molecule has 0 aliphatic heterocycles. The lowest BCUT2D eigenvalue weighted by Crippen LogP contribution is -2.44. The summed E-state index contributed by atoms with van der Waals surface area (Å²) in [7, 11) is 0. The molecule has 1 amide bonds. The fourth-order valence-corrected chi connectivity index (χ4v) is 4.70. The van der Waals surface area contributed by atoms with E-state index < -0.39 is 0 Å². The molecule has 1 saturated carbocycles. The molecule has 1 unspecified atom stereocenters. The SMILES string of the molecule is CCc1ccc(-n2c(C(CC)N(CC(C)C)C(=O)C3CCC3)nc3ccccc3c2=O)cc1. The highest BCUT2D eigenvalue weighted by Crippen LogP contribution is 2.34. The predicted octanol–water partition coefficient (Wildman–Crippen LogP) is 5.68. The second-order valence-corrected chi connectivity index (χ2v) is 9.58. The third-order valence-electron chi connectivity index (χ3n) is 6.76. The highest BCUT2D eigenvalue weighted by Gasteiger charge is 2.35. The summed E-state index contributed by atoms with van der Waals surface area (Å²) in [5, 5.41) is 0.594. The quantitative estimate of drug-likeness (QED) is 0.448. The summed E-state index contributed by atoms with van der Waals surface area (Å²) < 4.78 is 1.73. The number of hydrogen-bond donors (Lipinski definition) is 0. The molecule has 0 radical (unpaired) electrons. The first-order chi connectivity index (χ1) is 15.9. The number of para-hydroxylation sites is 1. The van der Waals surface area contributed by atoms with E-state index in [1.165, 1.54) is 5.56 Å². The van der Waals surface area contributed by atoms with Crippen LogP contribution in [0.15, 0.2) is 53.3 Å². The Balaban J connectivity index is 1.92. The van der Waals surface area contributed by atoms with Gasteiger partial charge in [0, 0.05) is 12.5 Å². The maximum Gasteiger partial charge on any atom is 0.266 e. The van der Waals surface area contributed by atoms with E-state index in [2.05, 4.69) is 39.8 Å². The van der Waals surface area contributed by atoms with Crippen LogP contribution in [0.2, 0.25) is 0 Å². The Kier molecular flexibility index (Phi) is 6.96. The van der Waals surface area contributed by atoms with E-state index in [1.54, 1.807) is 4.57 Å². The van der Waals surface area contributed by atoms with Gasteiger partial charge >= 0.3 is 0 Å². The molecule has 1 aliphatic rings. The van der Waals surface area contributed by atoms with Gasteiger partial charge in [0.2, 0.25) is 5.91 Å². The van der Waals surface area contributed by atoms with Crippen molar-refractivity contribution in [2.24, 2.45) is 11.8 Å². The van der Waals surface area contributed by atoms with Crippen molar-refractivity contribution in [1.82, 2.24) is 14.5 Å². The highest BCUT2D eigenvalue weighted by molar-refractivity contribution is 5.81. The molecule has 3 aromatic rings. The molecule has 0 bridgehead atoms. The first kappa shape index (κ1) is 23.2. The molecule has 1 fully saturated rings. The van der Waals surface area contributed by atoms with Gasteiger partial charge in [-0.2, -0.15) is 0 Å². The molecule has 2 aromatic carbocycles. The number of rotatable bonds is 8. The Morgan fingerprint density at radius 2 is 1.79 bits per heavy atom. The summed E-state index contributed by atoms with van der Waals surface area (Å²) in [5.74, 6) is 1.28. The summed E-state index contributed by atoms with van der Waals surface area (Å²) in [6.45, 7) is 9.13. The van der Waals surface area contributed by atoms with E-state index in [0.717, 1.165) is 31.4 Å². The topological polar surface area (TPSA) is 55.2 Å². The average molecular weight is 446 g/mol. The van der Waals surface area contributed by atoms with E-state index in [-0.39, 0.29) is 23.4 Å². The van der Waals surface area contributed by atoms with Crippen molar-refractivity contribution >= 4 is 16.8 Å². The van der Waals surface area contributed by atoms with Crippen molar-refractivity contribution in [3.8, 4) is 5.69 Å². The van der Waals surface area contributed by atoms with Gasteiger partial charge in [0.25, 0.3) is 5.56 Å². The minimum absolute atomic E-state index is 0.0844. The number of fused-ring (bicyclic) bond motifs is 1. The third-order valence-corrected chi connectivity index (χ3v) is 6.76. The van der Waals surface area contributed by atoms with Crippen LogP contribution in [0.4, 0.5) is 0 Å². The van der Waals surface area contributed by atoms with Crippen molar-refractivity contribution < 1.29 is 4.79 Å². The van der Waals surface area contributed by atoms with Crippen LogP contribution < -0.4 is 5.56 Å². The molecule has 5 heteroatoms. The third kappa shape index (κ3) is 4.59. The van der Waals surface area contributed by atoms with Gasteiger partial charge in [0.15, 0.2) is 0 Å². The van der Waals surface area contributed by atoms with Crippen LogP contribution in [0.1, 0.15) is 70.8 Å². The van der Waals surface area contributed by atoms with Crippen molar-refractivity contribution in [1.29, 1.82) is 0 Å².